The fraction of sp³-hybridized carbons (Fsp3) is 0.250. The highest BCUT2D eigenvalue weighted by atomic mass is 32.2. The van der Waals surface area contributed by atoms with Gasteiger partial charge in [0.15, 0.2) is 10.8 Å². The fourth-order valence-corrected chi connectivity index (χ4v) is 5.16. The molecule has 1 atom stereocenters. The van der Waals surface area contributed by atoms with Gasteiger partial charge in [0.1, 0.15) is 11.1 Å². The van der Waals surface area contributed by atoms with Crippen molar-refractivity contribution >= 4 is 34.4 Å². The summed E-state index contributed by atoms with van der Waals surface area (Å²) < 4.78 is 8.92. The molecule has 2 aromatic heterocycles. The number of carbonyl (C=O) groups excluding carboxylic acids is 1. The summed E-state index contributed by atoms with van der Waals surface area (Å²) in [6.07, 6.45) is 1.72. The molecule has 5 rings (SSSR count). The zero-order valence-corrected chi connectivity index (χ0v) is 19.1. The van der Waals surface area contributed by atoms with E-state index in [1.165, 1.54) is 11.8 Å². The Morgan fingerprint density at radius 2 is 2.00 bits per heavy atom. The molecule has 2 aromatic carbocycles. The molecule has 0 aliphatic carbocycles. The van der Waals surface area contributed by atoms with Gasteiger partial charge in [-0.25, -0.2) is 9.67 Å². The number of nitrogens with one attached hydrogen (secondary N) is 1. The SMILES string of the molecule is CCOc1ccccc1NC(=O)CC1CSc2nc3c(cnn3-c3ccccc3C)c(=O)n21. The second-order valence-corrected chi connectivity index (χ2v) is 8.78. The minimum atomic E-state index is -0.282. The summed E-state index contributed by atoms with van der Waals surface area (Å²) in [5, 5.41) is 8.40. The van der Waals surface area contributed by atoms with Crippen molar-refractivity contribution < 1.29 is 9.53 Å². The normalized spacial score (nSPS) is 14.9. The molecule has 168 valence electrons. The van der Waals surface area contributed by atoms with Crippen molar-refractivity contribution in [1.82, 2.24) is 19.3 Å². The van der Waals surface area contributed by atoms with Crippen LogP contribution in [0.25, 0.3) is 16.7 Å². The van der Waals surface area contributed by atoms with Crippen molar-refractivity contribution in [1.29, 1.82) is 0 Å². The number of nitrogens with zero attached hydrogens (tertiary/aromatic N) is 4. The fourth-order valence-electron chi connectivity index (χ4n) is 4.02. The maximum atomic E-state index is 13.3. The van der Waals surface area contributed by atoms with Crippen molar-refractivity contribution in [2.45, 2.75) is 31.5 Å². The Labute approximate surface area is 194 Å². The summed E-state index contributed by atoms with van der Waals surface area (Å²) in [6, 6.07) is 14.9. The lowest BCUT2D eigenvalue weighted by atomic mass is 10.2. The molecule has 9 heteroatoms. The van der Waals surface area contributed by atoms with Crippen molar-refractivity contribution in [2.75, 3.05) is 17.7 Å². The van der Waals surface area contributed by atoms with E-state index in [1.807, 2.05) is 56.3 Å². The molecule has 0 saturated heterocycles. The average molecular weight is 462 g/mol. The van der Waals surface area contributed by atoms with Crippen LogP contribution in [-0.2, 0) is 4.79 Å². The molecular formula is C24H23N5O3S. The second-order valence-electron chi connectivity index (χ2n) is 7.80. The van der Waals surface area contributed by atoms with Crippen LogP contribution in [0, 0.1) is 6.92 Å². The van der Waals surface area contributed by atoms with Gasteiger partial charge in [-0.15, -0.1) is 0 Å². The predicted octanol–water partition coefficient (Wildman–Crippen LogP) is 3.96. The Bertz CT molecular complexity index is 1410. The Kier molecular flexibility index (Phi) is 5.63. The van der Waals surface area contributed by atoms with Gasteiger partial charge in [-0.2, -0.15) is 5.10 Å². The number of amides is 1. The lowest BCUT2D eigenvalue weighted by Gasteiger charge is -2.15. The number of aromatic nitrogens is 4. The van der Waals surface area contributed by atoms with Crippen LogP contribution in [0.15, 0.2) is 64.7 Å². The minimum Gasteiger partial charge on any atom is -0.492 e. The monoisotopic (exact) mass is 461 g/mol. The number of hydrogen-bond acceptors (Lipinski definition) is 6. The third kappa shape index (κ3) is 3.89. The van der Waals surface area contributed by atoms with E-state index >= 15 is 0 Å². The predicted molar refractivity (Wildman–Crippen MR) is 128 cm³/mol. The highest BCUT2D eigenvalue weighted by molar-refractivity contribution is 7.99. The summed E-state index contributed by atoms with van der Waals surface area (Å²) in [5.41, 5.74) is 2.91. The number of anilines is 1. The van der Waals surface area contributed by atoms with Crippen LogP contribution in [0.3, 0.4) is 0 Å². The van der Waals surface area contributed by atoms with E-state index in [0.717, 1.165) is 11.3 Å². The molecule has 4 aromatic rings. The smallest absolute Gasteiger partial charge is 0.265 e. The van der Waals surface area contributed by atoms with E-state index < -0.39 is 0 Å². The van der Waals surface area contributed by atoms with E-state index in [1.54, 1.807) is 21.5 Å². The van der Waals surface area contributed by atoms with Crippen LogP contribution < -0.4 is 15.6 Å². The highest BCUT2D eigenvalue weighted by Crippen LogP contribution is 2.34. The number of aryl methyl sites for hydroxylation is 1. The number of rotatable bonds is 6. The zero-order chi connectivity index (χ0) is 22.9. The molecule has 0 spiro atoms. The van der Waals surface area contributed by atoms with Crippen LogP contribution in [0.2, 0.25) is 0 Å². The van der Waals surface area contributed by atoms with Crippen molar-refractivity contribution in [3.8, 4) is 11.4 Å². The van der Waals surface area contributed by atoms with Gasteiger partial charge in [-0.1, -0.05) is 42.1 Å². The number of fused-ring (bicyclic) bond motifs is 2. The van der Waals surface area contributed by atoms with Gasteiger partial charge in [0.2, 0.25) is 5.91 Å². The summed E-state index contributed by atoms with van der Waals surface area (Å²) >= 11 is 1.48. The molecule has 1 aliphatic rings. The summed E-state index contributed by atoms with van der Waals surface area (Å²) in [7, 11) is 0. The minimum absolute atomic E-state index is 0.166. The first-order valence-corrected chi connectivity index (χ1v) is 11.8. The van der Waals surface area contributed by atoms with Crippen LogP contribution in [-0.4, -0.2) is 37.6 Å². The molecule has 8 nitrogen and oxygen atoms in total. The Balaban J connectivity index is 1.43. The second kappa shape index (κ2) is 8.74. The van der Waals surface area contributed by atoms with E-state index in [4.69, 9.17) is 9.72 Å². The molecule has 1 N–H and O–H groups in total. The van der Waals surface area contributed by atoms with Crippen molar-refractivity contribution in [2.24, 2.45) is 0 Å². The number of thioether (sulfide) groups is 1. The molecule has 33 heavy (non-hydrogen) atoms. The van der Waals surface area contributed by atoms with E-state index in [2.05, 4.69) is 10.4 Å². The van der Waals surface area contributed by atoms with Crippen LogP contribution >= 0.6 is 11.8 Å². The van der Waals surface area contributed by atoms with Crippen LogP contribution in [0.1, 0.15) is 24.9 Å². The largest absolute Gasteiger partial charge is 0.492 e. The van der Waals surface area contributed by atoms with E-state index in [-0.39, 0.29) is 23.9 Å². The third-order valence-electron chi connectivity index (χ3n) is 5.60. The van der Waals surface area contributed by atoms with Gasteiger partial charge in [0.05, 0.1) is 30.2 Å². The molecule has 1 aliphatic heterocycles. The summed E-state index contributed by atoms with van der Waals surface area (Å²) in [4.78, 5) is 30.9. The van der Waals surface area contributed by atoms with Crippen LogP contribution in [0.5, 0.6) is 5.75 Å². The quantitative estimate of drug-likeness (QED) is 0.437. The van der Waals surface area contributed by atoms with Gasteiger partial charge in [0, 0.05) is 12.2 Å². The zero-order valence-electron chi connectivity index (χ0n) is 18.3. The molecule has 1 amide bonds. The lowest BCUT2D eigenvalue weighted by Crippen LogP contribution is -2.27. The number of carbonyl (C=O) groups is 1. The van der Waals surface area contributed by atoms with Crippen molar-refractivity contribution in [3.63, 3.8) is 0 Å². The number of benzene rings is 2. The third-order valence-corrected chi connectivity index (χ3v) is 6.69. The highest BCUT2D eigenvalue weighted by Gasteiger charge is 2.30. The first-order chi connectivity index (χ1) is 16.1. The van der Waals surface area contributed by atoms with E-state index in [0.29, 0.717) is 40.0 Å². The maximum Gasteiger partial charge on any atom is 0.265 e. The number of para-hydroxylation sites is 3. The van der Waals surface area contributed by atoms with Crippen LogP contribution in [0.4, 0.5) is 5.69 Å². The molecule has 0 saturated carbocycles. The molecule has 0 radical (unpaired) electrons. The molecule has 3 heterocycles. The topological polar surface area (TPSA) is 91.0 Å². The van der Waals surface area contributed by atoms with Gasteiger partial charge in [0.25, 0.3) is 5.56 Å². The summed E-state index contributed by atoms with van der Waals surface area (Å²) in [5.74, 6) is 1.05. The van der Waals surface area contributed by atoms with Gasteiger partial charge >= 0.3 is 0 Å². The standard InChI is InChI=1S/C24H23N5O3S/c1-3-32-20-11-7-5-9-18(20)26-21(30)12-16-14-33-24-27-22-17(23(31)28(16)24)13-25-29(22)19-10-6-4-8-15(19)2/h4-11,13,16H,3,12,14H2,1-2H3,(H,26,30). The number of hydrogen-bond donors (Lipinski definition) is 1. The molecule has 0 bridgehead atoms. The average Bonchev–Trinajstić information content (AvgIpc) is 3.41. The molecular weight excluding hydrogens is 438 g/mol. The molecule has 1 unspecified atom stereocenters. The van der Waals surface area contributed by atoms with Crippen molar-refractivity contribution in [3.05, 3.63) is 70.6 Å². The van der Waals surface area contributed by atoms with Gasteiger partial charge < -0.3 is 10.1 Å². The first-order valence-electron chi connectivity index (χ1n) is 10.8. The van der Waals surface area contributed by atoms with E-state index in [9.17, 15) is 9.59 Å². The summed E-state index contributed by atoms with van der Waals surface area (Å²) in [6.45, 7) is 4.40. The number of ether oxygens (including phenoxy) is 1. The van der Waals surface area contributed by atoms with Gasteiger partial charge in [-0.05, 0) is 37.6 Å². The maximum absolute atomic E-state index is 13.3. The Morgan fingerprint density at radius 3 is 2.82 bits per heavy atom. The Hall–Kier alpha value is -3.59. The first kappa shape index (κ1) is 21.3. The molecule has 0 fully saturated rings. The Morgan fingerprint density at radius 1 is 1.21 bits per heavy atom. The van der Waals surface area contributed by atoms with Gasteiger partial charge in [-0.3, -0.25) is 14.2 Å². The lowest BCUT2D eigenvalue weighted by molar-refractivity contribution is -0.116.